The van der Waals surface area contributed by atoms with Gasteiger partial charge in [0.2, 0.25) is 0 Å². The minimum atomic E-state index is 0.278. The van der Waals surface area contributed by atoms with Crippen molar-refractivity contribution in [3.63, 3.8) is 0 Å². The van der Waals surface area contributed by atoms with Gasteiger partial charge in [-0.15, -0.1) is 0 Å². The van der Waals surface area contributed by atoms with Crippen molar-refractivity contribution in [2.75, 3.05) is 40.0 Å². The van der Waals surface area contributed by atoms with Gasteiger partial charge in [-0.3, -0.25) is 0 Å². The molecule has 0 aromatic heterocycles. The zero-order chi connectivity index (χ0) is 17.0. The molecule has 1 saturated heterocycles. The highest BCUT2D eigenvalue weighted by molar-refractivity contribution is 5.79. The fourth-order valence-electron chi connectivity index (χ4n) is 2.52. The molecule has 1 aliphatic rings. The van der Waals surface area contributed by atoms with Gasteiger partial charge in [0.25, 0.3) is 0 Å². The quantitative estimate of drug-likeness (QED) is 0.410. The van der Waals surface area contributed by atoms with Gasteiger partial charge in [0.1, 0.15) is 5.75 Å². The lowest BCUT2D eigenvalue weighted by Crippen LogP contribution is -2.39. The van der Waals surface area contributed by atoms with E-state index in [0.29, 0.717) is 19.8 Å². The maximum absolute atomic E-state index is 5.65. The number of hydrogen-bond acceptors (Lipinski definition) is 4. The molecule has 6 heteroatoms. The van der Waals surface area contributed by atoms with Crippen LogP contribution < -0.4 is 15.4 Å². The van der Waals surface area contributed by atoms with E-state index in [4.69, 9.17) is 14.2 Å². The standard InChI is InChI=1S/C18H29N3O3/c1-3-19-18(20-9-11-23-14-17-8-5-10-24-17)21-13-15-6-4-7-16(12-15)22-2/h4,6-7,12,17H,3,5,8-11,13-14H2,1-2H3,(H2,19,20,21). The summed E-state index contributed by atoms with van der Waals surface area (Å²) in [6, 6.07) is 7.95. The summed E-state index contributed by atoms with van der Waals surface area (Å²) in [6.07, 6.45) is 2.53. The third kappa shape index (κ3) is 6.76. The molecule has 1 aliphatic heterocycles. The van der Waals surface area contributed by atoms with Gasteiger partial charge < -0.3 is 24.8 Å². The second kappa shape index (κ2) is 10.9. The Bertz CT molecular complexity index is 502. The monoisotopic (exact) mass is 335 g/mol. The van der Waals surface area contributed by atoms with Crippen molar-refractivity contribution in [3.05, 3.63) is 29.8 Å². The van der Waals surface area contributed by atoms with Crippen LogP contribution in [0.3, 0.4) is 0 Å². The average molecular weight is 335 g/mol. The number of rotatable bonds is 9. The summed E-state index contributed by atoms with van der Waals surface area (Å²) >= 11 is 0. The number of hydrogen-bond donors (Lipinski definition) is 2. The van der Waals surface area contributed by atoms with Crippen LogP contribution in [0.25, 0.3) is 0 Å². The third-order valence-electron chi connectivity index (χ3n) is 3.76. The first-order valence-corrected chi connectivity index (χ1v) is 8.66. The summed E-state index contributed by atoms with van der Waals surface area (Å²) in [5, 5.41) is 6.53. The molecule has 1 fully saturated rings. The van der Waals surface area contributed by atoms with Crippen LogP contribution in [0.15, 0.2) is 29.3 Å². The van der Waals surface area contributed by atoms with E-state index in [1.807, 2.05) is 24.3 Å². The van der Waals surface area contributed by atoms with E-state index in [9.17, 15) is 0 Å². The van der Waals surface area contributed by atoms with E-state index in [-0.39, 0.29) is 6.10 Å². The molecule has 134 valence electrons. The molecule has 0 bridgehead atoms. The Kier molecular flexibility index (Phi) is 8.41. The van der Waals surface area contributed by atoms with Crippen molar-refractivity contribution < 1.29 is 14.2 Å². The Morgan fingerprint density at radius 1 is 1.38 bits per heavy atom. The molecule has 0 saturated carbocycles. The number of ether oxygens (including phenoxy) is 3. The van der Waals surface area contributed by atoms with Crippen LogP contribution in [-0.2, 0) is 16.0 Å². The van der Waals surface area contributed by atoms with Crippen LogP contribution in [-0.4, -0.2) is 52.1 Å². The first-order valence-electron chi connectivity index (χ1n) is 8.66. The smallest absolute Gasteiger partial charge is 0.191 e. The highest BCUT2D eigenvalue weighted by Crippen LogP contribution is 2.13. The lowest BCUT2D eigenvalue weighted by molar-refractivity contribution is 0.0191. The van der Waals surface area contributed by atoms with E-state index in [1.165, 1.54) is 0 Å². The second-order valence-electron chi connectivity index (χ2n) is 5.68. The molecule has 0 amide bonds. The van der Waals surface area contributed by atoms with Gasteiger partial charge in [0, 0.05) is 19.7 Å². The van der Waals surface area contributed by atoms with Crippen LogP contribution in [0, 0.1) is 0 Å². The van der Waals surface area contributed by atoms with E-state index in [0.717, 1.165) is 49.8 Å². The molecular weight excluding hydrogens is 306 g/mol. The minimum absolute atomic E-state index is 0.278. The van der Waals surface area contributed by atoms with Crippen molar-refractivity contribution in [1.82, 2.24) is 10.6 Å². The van der Waals surface area contributed by atoms with Crippen LogP contribution in [0.4, 0.5) is 0 Å². The average Bonchev–Trinajstić information content (AvgIpc) is 3.13. The predicted molar refractivity (Wildman–Crippen MR) is 95.6 cm³/mol. The van der Waals surface area contributed by atoms with Crippen molar-refractivity contribution in [1.29, 1.82) is 0 Å². The highest BCUT2D eigenvalue weighted by atomic mass is 16.5. The molecular formula is C18H29N3O3. The molecule has 1 heterocycles. The van der Waals surface area contributed by atoms with Crippen molar-refractivity contribution in [2.45, 2.75) is 32.4 Å². The molecule has 0 aliphatic carbocycles. The number of methoxy groups -OCH3 is 1. The Balaban J connectivity index is 1.71. The largest absolute Gasteiger partial charge is 0.497 e. The maximum Gasteiger partial charge on any atom is 0.191 e. The molecule has 1 aromatic rings. The molecule has 0 spiro atoms. The SMILES string of the molecule is CCNC(=NCc1cccc(OC)c1)NCCOCC1CCCO1. The van der Waals surface area contributed by atoms with Crippen LogP contribution in [0.1, 0.15) is 25.3 Å². The molecule has 1 unspecified atom stereocenters. The number of benzene rings is 1. The summed E-state index contributed by atoms with van der Waals surface area (Å²) in [4.78, 5) is 4.59. The van der Waals surface area contributed by atoms with Gasteiger partial charge in [0.15, 0.2) is 5.96 Å². The molecule has 2 N–H and O–H groups in total. The van der Waals surface area contributed by atoms with Crippen molar-refractivity contribution >= 4 is 5.96 Å². The summed E-state index contributed by atoms with van der Waals surface area (Å²) in [5.41, 5.74) is 1.11. The molecule has 24 heavy (non-hydrogen) atoms. The Labute approximate surface area is 144 Å². The van der Waals surface area contributed by atoms with Crippen LogP contribution in [0.2, 0.25) is 0 Å². The van der Waals surface area contributed by atoms with Crippen molar-refractivity contribution in [3.8, 4) is 5.75 Å². The predicted octanol–water partition coefficient (Wildman–Crippen LogP) is 1.95. The first-order chi connectivity index (χ1) is 11.8. The Morgan fingerprint density at radius 3 is 3.04 bits per heavy atom. The molecule has 6 nitrogen and oxygen atoms in total. The second-order valence-corrected chi connectivity index (χ2v) is 5.68. The van der Waals surface area contributed by atoms with E-state index >= 15 is 0 Å². The van der Waals surface area contributed by atoms with Gasteiger partial charge in [-0.2, -0.15) is 0 Å². The fourth-order valence-corrected chi connectivity index (χ4v) is 2.52. The van der Waals surface area contributed by atoms with Gasteiger partial charge in [-0.05, 0) is 37.5 Å². The Hall–Kier alpha value is -1.79. The zero-order valence-electron chi connectivity index (χ0n) is 14.7. The lowest BCUT2D eigenvalue weighted by atomic mass is 10.2. The van der Waals surface area contributed by atoms with E-state index < -0.39 is 0 Å². The number of nitrogens with one attached hydrogen (secondary N) is 2. The van der Waals surface area contributed by atoms with Gasteiger partial charge in [-0.25, -0.2) is 4.99 Å². The third-order valence-corrected chi connectivity index (χ3v) is 3.76. The molecule has 1 atom stereocenters. The normalized spacial score (nSPS) is 17.8. The molecule has 0 radical (unpaired) electrons. The summed E-state index contributed by atoms with van der Waals surface area (Å²) in [7, 11) is 1.67. The van der Waals surface area contributed by atoms with E-state index in [1.54, 1.807) is 7.11 Å². The minimum Gasteiger partial charge on any atom is -0.497 e. The van der Waals surface area contributed by atoms with Crippen molar-refractivity contribution in [2.24, 2.45) is 4.99 Å². The molecule has 1 aromatic carbocycles. The zero-order valence-corrected chi connectivity index (χ0v) is 14.7. The van der Waals surface area contributed by atoms with Crippen LogP contribution in [0.5, 0.6) is 5.75 Å². The van der Waals surface area contributed by atoms with E-state index in [2.05, 4.69) is 22.5 Å². The fraction of sp³-hybridized carbons (Fsp3) is 0.611. The van der Waals surface area contributed by atoms with Gasteiger partial charge in [-0.1, -0.05) is 12.1 Å². The summed E-state index contributed by atoms with van der Waals surface area (Å²) in [5.74, 6) is 1.64. The number of nitrogens with zero attached hydrogens (tertiary/aromatic N) is 1. The lowest BCUT2D eigenvalue weighted by Gasteiger charge is -2.13. The van der Waals surface area contributed by atoms with Gasteiger partial charge >= 0.3 is 0 Å². The first kappa shape index (κ1) is 18.5. The summed E-state index contributed by atoms with van der Waals surface area (Å²) < 4.78 is 16.4. The van der Waals surface area contributed by atoms with Crippen LogP contribution >= 0.6 is 0 Å². The number of aliphatic imine (C=N–C) groups is 1. The molecule has 2 rings (SSSR count). The number of guanidine groups is 1. The highest BCUT2D eigenvalue weighted by Gasteiger charge is 2.14. The van der Waals surface area contributed by atoms with Gasteiger partial charge in [0.05, 0.1) is 33.0 Å². The summed E-state index contributed by atoms with van der Waals surface area (Å²) in [6.45, 7) is 6.38. The Morgan fingerprint density at radius 2 is 2.29 bits per heavy atom. The topological polar surface area (TPSA) is 64.1 Å². The maximum atomic E-state index is 5.65.